The molecule has 5 nitrogen and oxygen atoms in total. The first-order valence-electron chi connectivity index (χ1n) is 7.11. The van der Waals surface area contributed by atoms with Crippen LogP contribution in [-0.4, -0.2) is 49.6 Å². The van der Waals surface area contributed by atoms with Crippen LogP contribution in [0, 0.1) is 5.82 Å². The van der Waals surface area contributed by atoms with Gasteiger partial charge in [0.15, 0.2) is 0 Å². The zero-order chi connectivity index (χ0) is 15.9. The van der Waals surface area contributed by atoms with E-state index < -0.39 is 12.0 Å². The molecule has 1 saturated heterocycles. The van der Waals surface area contributed by atoms with Crippen LogP contribution in [0.1, 0.15) is 12.0 Å². The molecular formula is C16H19FN2O3. The van der Waals surface area contributed by atoms with E-state index in [9.17, 15) is 14.0 Å². The van der Waals surface area contributed by atoms with Crippen LogP contribution < -0.4 is 5.32 Å². The molecule has 1 atom stereocenters. The normalized spacial score (nSPS) is 19.2. The van der Waals surface area contributed by atoms with Gasteiger partial charge in [0.05, 0.1) is 19.6 Å². The smallest absolute Gasteiger partial charge is 0.307 e. The number of ether oxygens (including phenoxy) is 1. The third-order valence-corrected chi connectivity index (χ3v) is 3.55. The minimum absolute atomic E-state index is 0.0344. The van der Waals surface area contributed by atoms with Crippen LogP contribution in [0.25, 0.3) is 6.08 Å². The Hall–Kier alpha value is -2.21. The fourth-order valence-electron chi connectivity index (χ4n) is 2.34. The lowest BCUT2D eigenvalue weighted by molar-refractivity contribution is -0.145. The lowest BCUT2D eigenvalue weighted by atomic mass is 10.1. The minimum atomic E-state index is -0.515. The van der Waals surface area contributed by atoms with Gasteiger partial charge in [-0.3, -0.25) is 14.5 Å². The molecule has 1 heterocycles. The van der Waals surface area contributed by atoms with Gasteiger partial charge in [0.1, 0.15) is 5.82 Å². The molecule has 118 valence electrons. The van der Waals surface area contributed by atoms with Gasteiger partial charge in [0, 0.05) is 19.6 Å². The molecule has 1 N–H and O–H groups in total. The van der Waals surface area contributed by atoms with E-state index in [1.807, 2.05) is 17.1 Å². The Kier molecular flexibility index (Phi) is 5.66. The van der Waals surface area contributed by atoms with Gasteiger partial charge in [-0.15, -0.1) is 0 Å². The number of nitrogens with zero attached hydrogens (tertiary/aromatic N) is 1. The third-order valence-electron chi connectivity index (χ3n) is 3.55. The topological polar surface area (TPSA) is 58.6 Å². The molecule has 1 aromatic rings. The Morgan fingerprint density at radius 3 is 2.86 bits per heavy atom. The van der Waals surface area contributed by atoms with Crippen LogP contribution in [0.4, 0.5) is 4.39 Å². The molecular weight excluding hydrogens is 287 g/mol. The van der Waals surface area contributed by atoms with Crippen LogP contribution in [-0.2, 0) is 14.3 Å². The van der Waals surface area contributed by atoms with Crippen molar-refractivity contribution in [2.24, 2.45) is 0 Å². The van der Waals surface area contributed by atoms with E-state index in [-0.39, 0.29) is 18.1 Å². The molecule has 0 unspecified atom stereocenters. The second-order valence-electron chi connectivity index (χ2n) is 5.04. The maximum Gasteiger partial charge on any atom is 0.307 e. The number of nitrogens with one attached hydrogen (secondary N) is 1. The molecule has 0 bridgehead atoms. The number of carbonyl (C=O) groups is 2. The van der Waals surface area contributed by atoms with E-state index in [1.54, 1.807) is 12.1 Å². The van der Waals surface area contributed by atoms with Crippen LogP contribution in [0.5, 0.6) is 0 Å². The van der Waals surface area contributed by atoms with E-state index >= 15 is 0 Å². The Balaban J connectivity index is 1.97. The van der Waals surface area contributed by atoms with Gasteiger partial charge in [-0.25, -0.2) is 4.39 Å². The summed E-state index contributed by atoms with van der Waals surface area (Å²) >= 11 is 0. The summed E-state index contributed by atoms with van der Waals surface area (Å²) in [5, 5.41) is 2.75. The Bertz CT molecular complexity index is 557. The number of amides is 1. The average molecular weight is 306 g/mol. The van der Waals surface area contributed by atoms with Gasteiger partial charge in [0.2, 0.25) is 5.91 Å². The molecule has 2 rings (SSSR count). The van der Waals surface area contributed by atoms with Crippen LogP contribution in [0.2, 0.25) is 0 Å². The summed E-state index contributed by atoms with van der Waals surface area (Å²) in [6.45, 7) is 1.76. The number of methoxy groups -OCH3 is 1. The maximum atomic E-state index is 12.8. The molecule has 1 aliphatic rings. The predicted molar refractivity (Wildman–Crippen MR) is 80.4 cm³/mol. The van der Waals surface area contributed by atoms with Crippen molar-refractivity contribution in [3.63, 3.8) is 0 Å². The third kappa shape index (κ3) is 4.39. The zero-order valence-corrected chi connectivity index (χ0v) is 12.4. The van der Waals surface area contributed by atoms with Crippen molar-refractivity contribution >= 4 is 18.0 Å². The van der Waals surface area contributed by atoms with Crippen molar-refractivity contribution in [2.75, 3.05) is 26.7 Å². The van der Waals surface area contributed by atoms with E-state index in [2.05, 4.69) is 10.1 Å². The van der Waals surface area contributed by atoms with E-state index in [4.69, 9.17) is 0 Å². The minimum Gasteiger partial charge on any atom is -0.469 e. The van der Waals surface area contributed by atoms with E-state index in [0.29, 0.717) is 19.6 Å². The van der Waals surface area contributed by atoms with Gasteiger partial charge < -0.3 is 10.1 Å². The molecule has 1 aromatic carbocycles. The highest BCUT2D eigenvalue weighted by atomic mass is 19.1. The molecule has 1 fully saturated rings. The summed E-state index contributed by atoms with van der Waals surface area (Å²) in [5.74, 6) is -0.843. The molecule has 0 radical (unpaired) electrons. The monoisotopic (exact) mass is 306 g/mol. The molecule has 0 aromatic heterocycles. The van der Waals surface area contributed by atoms with E-state index in [0.717, 1.165) is 5.56 Å². The molecule has 0 spiro atoms. The number of rotatable bonds is 5. The number of esters is 1. The number of hydrogen-bond donors (Lipinski definition) is 1. The maximum absolute atomic E-state index is 12.8. The number of carbonyl (C=O) groups excluding carboxylic acids is 2. The summed E-state index contributed by atoms with van der Waals surface area (Å²) in [7, 11) is 1.31. The van der Waals surface area contributed by atoms with Gasteiger partial charge in [-0.1, -0.05) is 24.3 Å². The van der Waals surface area contributed by atoms with Crippen molar-refractivity contribution in [3.8, 4) is 0 Å². The quantitative estimate of drug-likeness (QED) is 0.831. The summed E-state index contributed by atoms with van der Waals surface area (Å²) in [4.78, 5) is 25.2. The Labute approximate surface area is 128 Å². The lowest BCUT2D eigenvalue weighted by Crippen LogP contribution is -2.55. The SMILES string of the molecule is COC(=O)C[C@H]1C(=O)NCCN1C/C=C/c1ccc(F)cc1. The molecule has 1 aliphatic heterocycles. The van der Waals surface area contributed by atoms with Crippen molar-refractivity contribution in [1.29, 1.82) is 0 Å². The Morgan fingerprint density at radius 1 is 1.45 bits per heavy atom. The molecule has 6 heteroatoms. The molecule has 1 amide bonds. The van der Waals surface area contributed by atoms with Gasteiger partial charge in [-0.05, 0) is 17.7 Å². The highest BCUT2D eigenvalue weighted by Crippen LogP contribution is 2.11. The predicted octanol–water partition coefficient (Wildman–Crippen LogP) is 1.20. The van der Waals surface area contributed by atoms with Crippen molar-refractivity contribution in [3.05, 3.63) is 41.7 Å². The first kappa shape index (κ1) is 16.2. The van der Waals surface area contributed by atoms with Crippen molar-refractivity contribution < 1.29 is 18.7 Å². The van der Waals surface area contributed by atoms with Crippen LogP contribution in [0.15, 0.2) is 30.3 Å². The standard InChI is InChI=1S/C16H19FN2O3/c1-22-15(20)11-14-16(21)18-8-10-19(14)9-2-3-12-4-6-13(17)7-5-12/h2-7,14H,8-11H2,1H3,(H,18,21)/b3-2+/t14-/m0/s1. The van der Waals surface area contributed by atoms with Crippen LogP contribution >= 0.6 is 0 Å². The van der Waals surface area contributed by atoms with Crippen molar-refractivity contribution in [1.82, 2.24) is 10.2 Å². The Morgan fingerprint density at radius 2 is 2.18 bits per heavy atom. The number of halogens is 1. The number of benzene rings is 1. The fourth-order valence-corrected chi connectivity index (χ4v) is 2.34. The molecule has 0 aliphatic carbocycles. The van der Waals surface area contributed by atoms with Crippen molar-refractivity contribution in [2.45, 2.75) is 12.5 Å². The first-order chi connectivity index (χ1) is 10.6. The summed E-state index contributed by atoms with van der Waals surface area (Å²) in [5.41, 5.74) is 0.882. The second kappa shape index (κ2) is 7.70. The lowest BCUT2D eigenvalue weighted by Gasteiger charge is -2.33. The van der Waals surface area contributed by atoms with Gasteiger partial charge >= 0.3 is 5.97 Å². The number of piperazine rings is 1. The fraction of sp³-hybridized carbons (Fsp3) is 0.375. The summed E-state index contributed by atoms with van der Waals surface area (Å²) < 4.78 is 17.5. The summed E-state index contributed by atoms with van der Waals surface area (Å²) in [6.07, 6.45) is 3.80. The number of hydrogen-bond acceptors (Lipinski definition) is 4. The van der Waals surface area contributed by atoms with E-state index in [1.165, 1.54) is 19.2 Å². The first-order valence-corrected chi connectivity index (χ1v) is 7.11. The van der Waals surface area contributed by atoms with Gasteiger partial charge in [0.25, 0.3) is 0 Å². The zero-order valence-electron chi connectivity index (χ0n) is 12.4. The largest absolute Gasteiger partial charge is 0.469 e. The molecule has 22 heavy (non-hydrogen) atoms. The summed E-state index contributed by atoms with van der Waals surface area (Å²) in [6, 6.07) is 5.64. The highest BCUT2D eigenvalue weighted by molar-refractivity contribution is 5.87. The van der Waals surface area contributed by atoms with Gasteiger partial charge in [-0.2, -0.15) is 0 Å². The average Bonchev–Trinajstić information content (AvgIpc) is 2.52. The van der Waals surface area contributed by atoms with Crippen LogP contribution in [0.3, 0.4) is 0 Å². The highest BCUT2D eigenvalue weighted by Gasteiger charge is 2.31. The second-order valence-corrected chi connectivity index (χ2v) is 5.04. The molecule has 0 saturated carbocycles.